The van der Waals surface area contributed by atoms with Gasteiger partial charge in [-0.05, 0) is 45.5 Å². The molecule has 0 spiro atoms. The molecule has 0 aliphatic carbocycles. The van der Waals surface area contributed by atoms with Crippen LogP contribution < -0.4 is 4.74 Å². The second-order valence-electron chi connectivity index (χ2n) is 6.69. The van der Waals surface area contributed by atoms with E-state index in [-0.39, 0.29) is 5.54 Å². The third-order valence-corrected chi connectivity index (χ3v) is 4.58. The lowest BCUT2D eigenvalue weighted by Gasteiger charge is -2.45. The quantitative estimate of drug-likeness (QED) is 0.923. The summed E-state index contributed by atoms with van der Waals surface area (Å²) in [6.45, 7) is 10.4. The molecule has 1 atom stereocenters. The fraction of sp³-hybridized carbons (Fsp3) is 0.647. The van der Waals surface area contributed by atoms with Gasteiger partial charge in [0.05, 0.1) is 13.2 Å². The minimum atomic E-state index is -0.446. The molecule has 1 aromatic carbocycles. The van der Waals surface area contributed by atoms with Crippen molar-refractivity contribution in [2.75, 3.05) is 33.8 Å². The van der Waals surface area contributed by atoms with Crippen molar-refractivity contribution in [3.63, 3.8) is 0 Å². The highest BCUT2D eigenvalue weighted by atomic mass is 16.5. The molecule has 1 N–H and O–H groups in total. The first kappa shape index (κ1) is 16.3. The molecule has 1 aromatic rings. The van der Waals surface area contributed by atoms with Gasteiger partial charge in [0, 0.05) is 37.3 Å². The zero-order valence-electron chi connectivity index (χ0n) is 13.9. The summed E-state index contributed by atoms with van der Waals surface area (Å²) in [6, 6.07) is 5.95. The summed E-state index contributed by atoms with van der Waals surface area (Å²) in [5.41, 5.74) is 2.28. The van der Waals surface area contributed by atoms with Crippen LogP contribution in [-0.2, 0) is 6.54 Å². The summed E-state index contributed by atoms with van der Waals surface area (Å²) in [5, 5.41) is 9.77. The molecule has 4 heteroatoms. The summed E-state index contributed by atoms with van der Waals surface area (Å²) < 4.78 is 5.48. The molecule has 0 bridgehead atoms. The predicted molar refractivity (Wildman–Crippen MR) is 85.6 cm³/mol. The maximum absolute atomic E-state index is 9.77. The van der Waals surface area contributed by atoms with E-state index in [4.69, 9.17) is 4.74 Å². The molecule has 1 fully saturated rings. The maximum Gasteiger partial charge on any atom is 0.123 e. The van der Waals surface area contributed by atoms with Crippen LogP contribution in [0.1, 0.15) is 38.0 Å². The molecular weight excluding hydrogens is 264 g/mol. The molecule has 0 aromatic heterocycles. The molecule has 0 saturated carbocycles. The van der Waals surface area contributed by atoms with E-state index in [0.717, 1.165) is 43.1 Å². The topological polar surface area (TPSA) is 35.9 Å². The Balaban J connectivity index is 2.16. The van der Waals surface area contributed by atoms with Crippen molar-refractivity contribution >= 4 is 0 Å². The Hall–Kier alpha value is -1.10. The number of hydrogen-bond donors (Lipinski definition) is 1. The molecule has 4 nitrogen and oxygen atoms in total. The largest absolute Gasteiger partial charge is 0.496 e. The zero-order chi connectivity index (χ0) is 15.6. The van der Waals surface area contributed by atoms with E-state index in [1.54, 1.807) is 14.0 Å². The first-order valence-electron chi connectivity index (χ1n) is 7.62. The molecule has 1 unspecified atom stereocenters. The Morgan fingerprint density at radius 1 is 1.33 bits per heavy atom. The Bertz CT molecular complexity index is 486. The summed E-state index contributed by atoms with van der Waals surface area (Å²) in [4.78, 5) is 4.87. The molecule has 2 rings (SSSR count). The fourth-order valence-corrected chi connectivity index (χ4v) is 2.90. The van der Waals surface area contributed by atoms with E-state index < -0.39 is 6.10 Å². The monoisotopic (exact) mass is 292 g/mol. The van der Waals surface area contributed by atoms with Crippen molar-refractivity contribution in [1.82, 2.24) is 9.80 Å². The summed E-state index contributed by atoms with van der Waals surface area (Å²) in [7, 11) is 3.89. The number of hydrogen-bond acceptors (Lipinski definition) is 4. The number of rotatable bonds is 4. The van der Waals surface area contributed by atoms with Gasteiger partial charge < -0.3 is 9.84 Å². The first-order valence-corrected chi connectivity index (χ1v) is 7.62. The average molecular weight is 292 g/mol. The number of methoxy groups -OCH3 is 1. The molecule has 1 aliphatic heterocycles. The second-order valence-corrected chi connectivity index (χ2v) is 6.69. The van der Waals surface area contributed by atoms with Crippen molar-refractivity contribution in [1.29, 1.82) is 0 Å². The number of benzene rings is 1. The second kappa shape index (κ2) is 6.34. The van der Waals surface area contributed by atoms with Crippen LogP contribution in [-0.4, -0.2) is 54.2 Å². The highest BCUT2D eigenvalue weighted by Gasteiger charge is 2.31. The third kappa shape index (κ3) is 3.76. The van der Waals surface area contributed by atoms with Crippen LogP contribution in [0.2, 0.25) is 0 Å². The number of likely N-dealkylation sites (N-methyl/N-ethyl adjacent to an activating group) is 1. The first-order chi connectivity index (χ1) is 9.83. The Labute approximate surface area is 128 Å². The minimum Gasteiger partial charge on any atom is -0.496 e. The van der Waals surface area contributed by atoms with Crippen molar-refractivity contribution in [3.05, 3.63) is 29.3 Å². The number of nitrogens with zero attached hydrogens (tertiary/aromatic N) is 2. The van der Waals surface area contributed by atoms with Crippen molar-refractivity contribution in [2.24, 2.45) is 0 Å². The van der Waals surface area contributed by atoms with E-state index >= 15 is 0 Å². The van der Waals surface area contributed by atoms with E-state index in [2.05, 4.69) is 36.8 Å². The Kier molecular flexibility index (Phi) is 4.91. The highest BCUT2D eigenvalue weighted by Crippen LogP contribution is 2.27. The molecule has 0 amide bonds. The van der Waals surface area contributed by atoms with Gasteiger partial charge in [0.25, 0.3) is 0 Å². The van der Waals surface area contributed by atoms with E-state index in [1.165, 1.54) is 0 Å². The van der Waals surface area contributed by atoms with Crippen LogP contribution in [0, 0.1) is 0 Å². The van der Waals surface area contributed by atoms with Crippen LogP contribution >= 0.6 is 0 Å². The normalized spacial score (nSPS) is 21.2. The molecule has 1 heterocycles. The number of aliphatic hydroxyl groups is 1. The van der Waals surface area contributed by atoms with E-state index in [9.17, 15) is 5.11 Å². The number of piperazine rings is 1. The molecule has 1 aliphatic rings. The summed E-state index contributed by atoms with van der Waals surface area (Å²) in [5.74, 6) is 0.899. The van der Waals surface area contributed by atoms with Crippen molar-refractivity contribution in [2.45, 2.75) is 39.0 Å². The van der Waals surface area contributed by atoms with Crippen LogP contribution in [0.4, 0.5) is 0 Å². The van der Waals surface area contributed by atoms with Crippen LogP contribution in [0.5, 0.6) is 5.75 Å². The Morgan fingerprint density at radius 2 is 2.05 bits per heavy atom. The SMILES string of the molecule is COc1ccc(C(C)O)cc1CN1CCN(C)C(C)(C)C1. The van der Waals surface area contributed by atoms with Crippen LogP contribution in [0.15, 0.2) is 18.2 Å². The lowest BCUT2D eigenvalue weighted by molar-refractivity contribution is 0.0356. The van der Waals surface area contributed by atoms with Gasteiger partial charge in [-0.25, -0.2) is 0 Å². The zero-order valence-corrected chi connectivity index (χ0v) is 13.9. The molecule has 1 saturated heterocycles. The standard InChI is InChI=1S/C17H28N2O2/c1-13(20)14-6-7-16(21-5)15(10-14)11-19-9-8-18(4)17(2,3)12-19/h6-7,10,13,20H,8-9,11-12H2,1-5H3. The van der Waals surface area contributed by atoms with Crippen LogP contribution in [0.3, 0.4) is 0 Å². The number of aliphatic hydroxyl groups excluding tert-OH is 1. The molecule has 21 heavy (non-hydrogen) atoms. The average Bonchev–Trinajstić information content (AvgIpc) is 2.42. The van der Waals surface area contributed by atoms with Crippen LogP contribution in [0.25, 0.3) is 0 Å². The lowest BCUT2D eigenvalue weighted by Crippen LogP contribution is -2.57. The van der Waals surface area contributed by atoms with Gasteiger partial charge >= 0.3 is 0 Å². The maximum atomic E-state index is 9.77. The minimum absolute atomic E-state index is 0.188. The predicted octanol–water partition coefficient (Wildman–Crippen LogP) is 2.27. The lowest BCUT2D eigenvalue weighted by atomic mass is 9.98. The van der Waals surface area contributed by atoms with Gasteiger partial charge in [-0.3, -0.25) is 9.80 Å². The van der Waals surface area contributed by atoms with Gasteiger partial charge in [0.15, 0.2) is 0 Å². The Morgan fingerprint density at radius 3 is 2.62 bits per heavy atom. The van der Waals surface area contributed by atoms with Crippen molar-refractivity contribution in [3.8, 4) is 5.75 Å². The van der Waals surface area contributed by atoms with Gasteiger partial charge in [0.2, 0.25) is 0 Å². The molecular formula is C17H28N2O2. The van der Waals surface area contributed by atoms with Gasteiger partial charge in [-0.15, -0.1) is 0 Å². The molecule has 0 radical (unpaired) electrons. The summed E-state index contributed by atoms with van der Waals surface area (Å²) in [6.07, 6.45) is -0.446. The number of ether oxygens (including phenoxy) is 1. The third-order valence-electron chi connectivity index (χ3n) is 4.58. The van der Waals surface area contributed by atoms with Crippen molar-refractivity contribution < 1.29 is 9.84 Å². The summed E-state index contributed by atoms with van der Waals surface area (Å²) >= 11 is 0. The fourth-order valence-electron chi connectivity index (χ4n) is 2.90. The van der Waals surface area contributed by atoms with E-state index in [1.807, 2.05) is 12.1 Å². The van der Waals surface area contributed by atoms with Gasteiger partial charge in [-0.1, -0.05) is 6.07 Å². The smallest absolute Gasteiger partial charge is 0.123 e. The van der Waals surface area contributed by atoms with Gasteiger partial charge in [-0.2, -0.15) is 0 Å². The molecule has 118 valence electrons. The van der Waals surface area contributed by atoms with Gasteiger partial charge in [0.1, 0.15) is 5.75 Å². The van der Waals surface area contributed by atoms with E-state index in [0.29, 0.717) is 0 Å². The highest BCUT2D eigenvalue weighted by molar-refractivity contribution is 5.38.